The van der Waals surface area contributed by atoms with Crippen molar-refractivity contribution in [2.45, 2.75) is 0 Å². The number of hydrogen-bond donors (Lipinski definition) is 2. The predicted octanol–water partition coefficient (Wildman–Crippen LogP) is 1.67. The van der Waals surface area contributed by atoms with E-state index in [2.05, 4.69) is 25.1 Å². The van der Waals surface area contributed by atoms with E-state index in [0.29, 0.717) is 5.95 Å². The molecule has 0 saturated carbocycles. The smallest absolute Gasteiger partial charge is 0.324 e. The van der Waals surface area contributed by atoms with E-state index in [1.807, 2.05) is 24.3 Å². The number of carbonyl (C=O) groups excluding carboxylic acids is 1. The van der Waals surface area contributed by atoms with E-state index >= 15 is 0 Å². The van der Waals surface area contributed by atoms with E-state index in [9.17, 15) is 4.79 Å². The number of rotatable bonds is 2. The van der Waals surface area contributed by atoms with Crippen molar-refractivity contribution < 1.29 is 14.6 Å². The largest absolute Gasteiger partial charge is 0.445 e. The zero-order valence-electron chi connectivity index (χ0n) is 7.98. The van der Waals surface area contributed by atoms with Crippen molar-refractivity contribution in [1.82, 2.24) is 9.97 Å². The predicted molar refractivity (Wildman–Crippen MR) is 53.2 cm³/mol. The van der Waals surface area contributed by atoms with E-state index in [1.165, 1.54) is 7.11 Å². The average molecular weight is 207 g/mol. The molecule has 0 aliphatic rings. The Morgan fingerprint density at radius 1 is 1.47 bits per heavy atom. The van der Waals surface area contributed by atoms with Gasteiger partial charge < -0.3 is 4.98 Å². The molecule has 0 bridgehead atoms. The van der Waals surface area contributed by atoms with Crippen molar-refractivity contribution >= 4 is 23.1 Å². The monoisotopic (exact) mass is 207 g/mol. The second-order valence-electron chi connectivity index (χ2n) is 2.77. The van der Waals surface area contributed by atoms with Crippen LogP contribution in [0, 0.1) is 0 Å². The topological polar surface area (TPSA) is 76.2 Å². The van der Waals surface area contributed by atoms with Gasteiger partial charge in [0.1, 0.15) is 0 Å². The molecule has 1 heterocycles. The van der Waals surface area contributed by atoms with E-state index in [4.69, 9.17) is 0 Å². The molecule has 1 amide bonds. The van der Waals surface area contributed by atoms with Crippen molar-refractivity contribution in [2.24, 2.45) is 0 Å². The van der Waals surface area contributed by atoms with Gasteiger partial charge in [0.25, 0.3) is 0 Å². The lowest BCUT2D eigenvalue weighted by Gasteiger charge is -1.98. The number of hydrogen-bond acceptors (Lipinski definition) is 4. The van der Waals surface area contributed by atoms with Crippen LogP contribution in [0.3, 0.4) is 0 Å². The molecule has 15 heavy (non-hydrogen) atoms. The highest BCUT2D eigenvalue weighted by molar-refractivity contribution is 5.85. The lowest BCUT2D eigenvalue weighted by atomic mass is 10.3. The number of fused-ring (bicyclic) bond motifs is 1. The van der Waals surface area contributed by atoms with Gasteiger partial charge in [0.05, 0.1) is 18.1 Å². The minimum absolute atomic E-state index is 0.318. The molecule has 6 heteroatoms. The van der Waals surface area contributed by atoms with Crippen LogP contribution in [0.4, 0.5) is 10.7 Å². The van der Waals surface area contributed by atoms with Crippen LogP contribution in [0.5, 0.6) is 0 Å². The van der Waals surface area contributed by atoms with Crippen LogP contribution in [0.2, 0.25) is 0 Å². The normalized spacial score (nSPS) is 10.2. The average Bonchev–Trinajstić information content (AvgIpc) is 2.59. The zero-order valence-corrected chi connectivity index (χ0v) is 7.98. The third kappa shape index (κ3) is 2.05. The van der Waals surface area contributed by atoms with Crippen LogP contribution in [0.1, 0.15) is 0 Å². The Morgan fingerprint density at radius 2 is 2.27 bits per heavy atom. The third-order valence-corrected chi connectivity index (χ3v) is 1.77. The molecule has 2 rings (SSSR count). The molecule has 0 aliphatic carbocycles. The number of nitrogens with zero attached hydrogens (tertiary/aromatic N) is 1. The van der Waals surface area contributed by atoms with Crippen molar-refractivity contribution in [1.29, 1.82) is 0 Å². The van der Waals surface area contributed by atoms with Gasteiger partial charge in [0.2, 0.25) is 5.95 Å². The van der Waals surface area contributed by atoms with Crippen LogP contribution in [-0.2, 0) is 9.78 Å². The summed E-state index contributed by atoms with van der Waals surface area (Å²) in [6, 6.07) is 7.42. The number of anilines is 1. The van der Waals surface area contributed by atoms with Gasteiger partial charge in [-0.2, -0.15) is 4.89 Å². The van der Waals surface area contributed by atoms with Crippen LogP contribution in [-0.4, -0.2) is 23.2 Å². The van der Waals surface area contributed by atoms with Gasteiger partial charge in [0, 0.05) is 0 Å². The maximum atomic E-state index is 11.0. The van der Waals surface area contributed by atoms with Gasteiger partial charge in [-0.25, -0.2) is 9.78 Å². The number of aromatic amines is 1. The highest BCUT2D eigenvalue weighted by Crippen LogP contribution is 2.13. The Labute approximate surface area is 85.1 Å². The van der Waals surface area contributed by atoms with Gasteiger partial charge in [0.15, 0.2) is 0 Å². The summed E-state index contributed by atoms with van der Waals surface area (Å²) in [5.41, 5.74) is 1.61. The summed E-state index contributed by atoms with van der Waals surface area (Å²) in [6.07, 6.45) is -0.725. The van der Waals surface area contributed by atoms with Crippen LogP contribution < -0.4 is 5.32 Å². The quantitative estimate of drug-likeness (QED) is 0.580. The fourth-order valence-corrected chi connectivity index (χ4v) is 1.21. The highest BCUT2D eigenvalue weighted by Gasteiger charge is 2.07. The van der Waals surface area contributed by atoms with Gasteiger partial charge in [-0.05, 0) is 12.1 Å². The molecule has 78 valence electrons. The van der Waals surface area contributed by atoms with Crippen molar-refractivity contribution in [3.63, 3.8) is 0 Å². The first-order valence-electron chi connectivity index (χ1n) is 4.26. The van der Waals surface area contributed by atoms with E-state index in [-0.39, 0.29) is 0 Å². The molecule has 0 spiro atoms. The number of carbonyl (C=O) groups is 1. The molecule has 1 aromatic heterocycles. The Hall–Kier alpha value is -2.08. The first-order valence-corrected chi connectivity index (χ1v) is 4.26. The van der Waals surface area contributed by atoms with Crippen LogP contribution >= 0.6 is 0 Å². The van der Waals surface area contributed by atoms with Gasteiger partial charge >= 0.3 is 6.09 Å². The summed E-state index contributed by atoms with van der Waals surface area (Å²) >= 11 is 0. The Morgan fingerprint density at radius 3 is 3.00 bits per heavy atom. The summed E-state index contributed by atoms with van der Waals surface area (Å²) in [6.45, 7) is 0. The minimum atomic E-state index is -0.725. The molecule has 0 atom stereocenters. The Bertz CT molecular complexity index is 447. The van der Waals surface area contributed by atoms with E-state index in [0.717, 1.165) is 11.0 Å². The molecule has 0 saturated heterocycles. The Balaban J connectivity index is 2.18. The second kappa shape index (κ2) is 3.97. The fourth-order valence-electron chi connectivity index (χ4n) is 1.21. The first kappa shape index (κ1) is 9.47. The SMILES string of the molecule is COOC(=O)Nc1nc2ccccc2[nH]1. The standard InChI is InChI=1S/C9H9N3O3/c1-14-15-9(13)12-8-10-6-4-2-3-5-7(6)11-8/h2-5H,1H3,(H2,10,11,12,13). The number of imidazole rings is 1. The van der Waals surface area contributed by atoms with Crippen molar-refractivity contribution in [3.05, 3.63) is 24.3 Å². The van der Waals surface area contributed by atoms with Crippen LogP contribution in [0.25, 0.3) is 11.0 Å². The Kier molecular flexibility index (Phi) is 2.51. The van der Waals surface area contributed by atoms with E-state index in [1.54, 1.807) is 0 Å². The first-order chi connectivity index (χ1) is 7.29. The van der Waals surface area contributed by atoms with E-state index < -0.39 is 6.09 Å². The molecule has 1 aromatic carbocycles. The van der Waals surface area contributed by atoms with Gasteiger partial charge in [-0.3, -0.25) is 10.2 Å². The lowest BCUT2D eigenvalue weighted by Crippen LogP contribution is -2.13. The molecule has 6 nitrogen and oxygen atoms in total. The summed E-state index contributed by atoms with van der Waals surface area (Å²) < 4.78 is 0. The molecule has 0 fully saturated rings. The zero-order chi connectivity index (χ0) is 10.7. The number of para-hydroxylation sites is 2. The van der Waals surface area contributed by atoms with Crippen molar-refractivity contribution in [2.75, 3.05) is 12.4 Å². The fraction of sp³-hybridized carbons (Fsp3) is 0.111. The number of nitrogens with one attached hydrogen (secondary N) is 2. The summed E-state index contributed by atoms with van der Waals surface area (Å²) in [4.78, 5) is 26.4. The number of H-pyrrole nitrogens is 1. The molecule has 0 unspecified atom stereocenters. The van der Waals surface area contributed by atoms with Gasteiger partial charge in [-0.15, -0.1) is 0 Å². The maximum absolute atomic E-state index is 11.0. The molecular formula is C9H9N3O3. The van der Waals surface area contributed by atoms with Crippen molar-refractivity contribution in [3.8, 4) is 0 Å². The third-order valence-electron chi connectivity index (χ3n) is 1.77. The molecule has 2 N–H and O–H groups in total. The number of amides is 1. The molecule has 0 aliphatic heterocycles. The highest BCUT2D eigenvalue weighted by atomic mass is 17.2. The molecular weight excluding hydrogens is 198 g/mol. The second-order valence-corrected chi connectivity index (χ2v) is 2.77. The minimum Gasteiger partial charge on any atom is -0.324 e. The molecule has 2 aromatic rings. The number of aromatic nitrogens is 2. The van der Waals surface area contributed by atoms with Crippen LogP contribution in [0.15, 0.2) is 24.3 Å². The summed E-state index contributed by atoms with van der Waals surface area (Å²) in [5.74, 6) is 0.318. The lowest BCUT2D eigenvalue weighted by molar-refractivity contribution is -0.208. The number of benzene rings is 1. The van der Waals surface area contributed by atoms with Gasteiger partial charge in [-0.1, -0.05) is 12.1 Å². The summed E-state index contributed by atoms with van der Waals surface area (Å²) in [7, 11) is 1.25. The maximum Gasteiger partial charge on any atom is 0.445 e. The molecule has 0 radical (unpaired) electrons. The summed E-state index contributed by atoms with van der Waals surface area (Å²) in [5, 5.41) is 2.38.